The van der Waals surface area contributed by atoms with Crippen LogP contribution in [0.1, 0.15) is 36.1 Å². The molecular weight excluding hydrogens is 192 g/mol. The molecule has 2 aromatic carbocycles. The minimum atomic E-state index is 1.12. The quantitative estimate of drug-likeness (QED) is 0.683. The van der Waals surface area contributed by atoms with Gasteiger partial charge in [0.05, 0.1) is 0 Å². The summed E-state index contributed by atoms with van der Waals surface area (Å²) in [5.41, 5.74) is 5.88. The fourth-order valence-corrected chi connectivity index (χ4v) is 2.65. The second-order valence-corrected chi connectivity index (χ2v) is 4.50. The summed E-state index contributed by atoms with van der Waals surface area (Å²) in [5, 5.41) is 2.85. The second-order valence-electron chi connectivity index (χ2n) is 4.50. The lowest BCUT2D eigenvalue weighted by Crippen LogP contribution is -1.94. The molecule has 84 valence electrons. The van der Waals surface area contributed by atoms with Crippen LogP contribution < -0.4 is 0 Å². The fraction of sp³-hybridized carbons (Fsp3) is 0.375. The lowest BCUT2D eigenvalue weighted by molar-refractivity contribution is 1.10. The molecular formula is C16H20. The Morgan fingerprint density at radius 2 is 1.19 bits per heavy atom. The molecule has 0 heterocycles. The van der Waals surface area contributed by atoms with Crippen LogP contribution in [0.25, 0.3) is 10.8 Å². The highest BCUT2D eigenvalue weighted by Crippen LogP contribution is 2.27. The summed E-state index contributed by atoms with van der Waals surface area (Å²) in [7, 11) is 0. The van der Waals surface area contributed by atoms with Crippen molar-refractivity contribution in [2.75, 3.05) is 0 Å². The zero-order valence-corrected chi connectivity index (χ0v) is 10.7. The van der Waals surface area contributed by atoms with E-state index in [1.807, 2.05) is 0 Å². The van der Waals surface area contributed by atoms with Gasteiger partial charge < -0.3 is 0 Å². The second kappa shape index (κ2) is 4.29. The largest absolute Gasteiger partial charge is 0.0613 e. The van der Waals surface area contributed by atoms with Crippen molar-refractivity contribution in [2.24, 2.45) is 0 Å². The molecule has 0 aliphatic heterocycles. The van der Waals surface area contributed by atoms with Gasteiger partial charge in [0.1, 0.15) is 0 Å². The molecule has 0 aliphatic rings. The third-order valence-corrected chi connectivity index (χ3v) is 3.69. The summed E-state index contributed by atoms with van der Waals surface area (Å²) in [6, 6.07) is 9.05. The molecule has 0 amide bonds. The fourth-order valence-electron chi connectivity index (χ4n) is 2.65. The van der Waals surface area contributed by atoms with Crippen molar-refractivity contribution < 1.29 is 0 Å². The van der Waals surface area contributed by atoms with Crippen LogP contribution in [0.3, 0.4) is 0 Å². The molecule has 0 unspecified atom stereocenters. The van der Waals surface area contributed by atoms with Gasteiger partial charge in [0.2, 0.25) is 0 Å². The number of benzene rings is 2. The molecule has 0 saturated heterocycles. The van der Waals surface area contributed by atoms with Gasteiger partial charge >= 0.3 is 0 Å². The van der Waals surface area contributed by atoms with E-state index in [1.54, 1.807) is 0 Å². The monoisotopic (exact) mass is 212 g/mol. The van der Waals surface area contributed by atoms with Gasteiger partial charge in [-0.25, -0.2) is 0 Å². The Bertz CT molecular complexity index is 476. The first-order valence-corrected chi connectivity index (χ1v) is 6.19. The number of fused-ring (bicyclic) bond motifs is 1. The first-order chi connectivity index (χ1) is 7.69. The van der Waals surface area contributed by atoms with Crippen molar-refractivity contribution >= 4 is 10.8 Å². The highest BCUT2D eigenvalue weighted by Gasteiger charge is 2.07. The SMILES string of the molecule is CCc1ccc2ccc(CC)c(C)c2c1C. The third kappa shape index (κ3) is 1.63. The zero-order valence-electron chi connectivity index (χ0n) is 10.7. The van der Waals surface area contributed by atoms with Crippen LogP contribution in [0.4, 0.5) is 0 Å². The molecule has 0 spiro atoms. The molecule has 2 rings (SSSR count). The van der Waals surface area contributed by atoms with E-state index in [4.69, 9.17) is 0 Å². The molecule has 0 aromatic heterocycles. The summed E-state index contributed by atoms with van der Waals surface area (Å²) >= 11 is 0. The number of hydrogen-bond acceptors (Lipinski definition) is 0. The van der Waals surface area contributed by atoms with Gasteiger partial charge in [-0.1, -0.05) is 38.1 Å². The Kier molecular flexibility index (Phi) is 3.00. The van der Waals surface area contributed by atoms with Crippen molar-refractivity contribution in [1.82, 2.24) is 0 Å². The maximum absolute atomic E-state index is 2.27. The third-order valence-electron chi connectivity index (χ3n) is 3.69. The minimum absolute atomic E-state index is 1.12. The van der Waals surface area contributed by atoms with E-state index in [2.05, 4.69) is 52.0 Å². The summed E-state index contributed by atoms with van der Waals surface area (Å²) < 4.78 is 0. The van der Waals surface area contributed by atoms with Crippen molar-refractivity contribution in [1.29, 1.82) is 0 Å². The Morgan fingerprint density at radius 1 is 0.750 bits per heavy atom. The smallest absolute Gasteiger partial charge is 0.0120 e. The summed E-state index contributed by atoms with van der Waals surface area (Å²) in [4.78, 5) is 0. The van der Waals surface area contributed by atoms with Crippen LogP contribution in [0.5, 0.6) is 0 Å². The summed E-state index contributed by atoms with van der Waals surface area (Å²) in [5.74, 6) is 0. The van der Waals surface area contributed by atoms with Gasteiger partial charge in [-0.15, -0.1) is 0 Å². The first kappa shape index (κ1) is 11.2. The maximum atomic E-state index is 2.27. The number of aryl methyl sites for hydroxylation is 4. The number of rotatable bonds is 2. The lowest BCUT2D eigenvalue weighted by atomic mass is 9.92. The van der Waals surface area contributed by atoms with E-state index in [9.17, 15) is 0 Å². The maximum Gasteiger partial charge on any atom is -0.0120 e. The van der Waals surface area contributed by atoms with Crippen LogP contribution in [-0.4, -0.2) is 0 Å². The van der Waals surface area contributed by atoms with Crippen LogP contribution in [-0.2, 0) is 12.8 Å². The van der Waals surface area contributed by atoms with Gasteiger partial charge in [-0.05, 0) is 59.7 Å². The zero-order chi connectivity index (χ0) is 11.7. The lowest BCUT2D eigenvalue weighted by Gasteiger charge is -2.13. The van der Waals surface area contributed by atoms with Gasteiger partial charge in [-0.2, -0.15) is 0 Å². The Labute approximate surface area is 98.3 Å². The van der Waals surface area contributed by atoms with Crippen LogP contribution in [0.2, 0.25) is 0 Å². The Morgan fingerprint density at radius 3 is 1.56 bits per heavy atom. The van der Waals surface area contributed by atoms with Crippen molar-refractivity contribution in [3.63, 3.8) is 0 Å². The van der Waals surface area contributed by atoms with E-state index >= 15 is 0 Å². The molecule has 0 bridgehead atoms. The van der Waals surface area contributed by atoms with Crippen LogP contribution in [0, 0.1) is 13.8 Å². The molecule has 0 radical (unpaired) electrons. The van der Waals surface area contributed by atoms with Gasteiger partial charge in [0.15, 0.2) is 0 Å². The molecule has 16 heavy (non-hydrogen) atoms. The molecule has 0 fully saturated rings. The molecule has 0 atom stereocenters. The average Bonchev–Trinajstić information content (AvgIpc) is 2.30. The molecule has 0 nitrogen and oxygen atoms in total. The van der Waals surface area contributed by atoms with Crippen LogP contribution >= 0.6 is 0 Å². The number of hydrogen-bond donors (Lipinski definition) is 0. The highest BCUT2D eigenvalue weighted by atomic mass is 14.1. The average molecular weight is 212 g/mol. The normalized spacial score (nSPS) is 11.0. The van der Waals surface area contributed by atoms with E-state index in [0.29, 0.717) is 0 Å². The van der Waals surface area contributed by atoms with E-state index in [1.165, 1.54) is 33.0 Å². The summed E-state index contributed by atoms with van der Waals surface area (Å²) in [6.07, 6.45) is 2.25. The van der Waals surface area contributed by atoms with E-state index in [0.717, 1.165) is 12.8 Å². The predicted molar refractivity (Wildman–Crippen MR) is 72.2 cm³/mol. The Hall–Kier alpha value is -1.30. The highest BCUT2D eigenvalue weighted by molar-refractivity contribution is 5.90. The van der Waals surface area contributed by atoms with Crippen molar-refractivity contribution in [3.8, 4) is 0 Å². The molecule has 0 heteroatoms. The van der Waals surface area contributed by atoms with Gasteiger partial charge in [-0.3, -0.25) is 0 Å². The minimum Gasteiger partial charge on any atom is -0.0613 e. The molecule has 2 aromatic rings. The predicted octanol–water partition coefficient (Wildman–Crippen LogP) is 4.58. The van der Waals surface area contributed by atoms with Crippen molar-refractivity contribution in [3.05, 3.63) is 46.5 Å². The Balaban J connectivity index is 2.83. The van der Waals surface area contributed by atoms with Crippen molar-refractivity contribution in [2.45, 2.75) is 40.5 Å². The molecule has 0 aliphatic carbocycles. The van der Waals surface area contributed by atoms with E-state index in [-0.39, 0.29) is 0 Å². The topological polar surface area (TPSA) is 0 Å². The van der Waals surface area contributed by atoms with Crippen LogP contribution in [0.15, 0.2) is 24.3 Å². The van der Waals surface area contributed by atoms with Gasteiger partial charge in [0, 0.05) is 0 Å². The molecule has 0 N–H and O–H groups in total. The molecule has 0 saturated carbocycles. The summed E-state index contributed by atoms with van der Waals surface area (Å²) in [6.45, 7) is 8.97. The first-order valence-electron chi connectivity index (χ1n) is 6.19. The van der Waals surface area contributed by atoms with Gasteiger partial charge in [0.25, 0.3) is 0 Å². The standard InChI is InChI=1S/C16H20/c1-5-13-7-9-15-10-8-14(6-2)12(4)16(15)11(13)3/h7-10H,5-6H2,1-4H3. The van der Waals surface area contributed by atoms with E-state index < -0.39 is 0 Å².